The number of rotatable bonds is 8. The second-order valence-electron chi connectivity index (χ2n) is 7.19. The van der Waals surface area contributed by atoms with Crippen LogP contribution in [0.25, 0.3) is 0 Å². The van der Waals surface area contributed by atoms with E-state index in [1.54, 1.807) is 32.3 Å². The SMILES string of the molecule is C=C(C)CNC(=NCC(=O)N(C)C)NC1CCN(c2ccccc2OC(F)F)C1. The summed E-state index contributed by atoms with van der Waals surface area (Å²) in [4.78, 5) is 19.7. The van der Waals surface area contributed by atoms with Crippen molar-refractivity contribution in [2.24, 2.45) is 4.99 Å². The molecule has 160 valence electrons. The maximum atomic E-state index is 12.7. The van der Waals surface area contributed by atoms with E-state index in [4.69, 9.17) is 0 Å². The van der Waals surface area contributed by atoms with Gasteiger partial charge < -0.3 is 25.2 Å². The summed E-state index contributed by atoms with van der Waals surface area (Å²) in [5, 5.41) is 6.48. The van der Waals surface area contributed by atoms with Crippen LogP contribution in [-0.4, -0.2) is 69.7 Å². The summed E-state index contributed by atoms with van der Waals surface area (Å²) < 4.78 is 30.0. The van der Waals surface area contributed by atoms with Gasteiger partial charge in [0.05, 0.1) is 5.69 Å². The fourth-order valence-corrected chi connectivity index (χ4v) is 2.88. The fraction of sp³-hybridized carbons (Fsp3) is 0.500. The molecule has 1 heterocycles. The van der Waals surface area contributed by atoms with Gasteiger partial charge in [-0.25, -0.2) is 4.99 Å². The van der Waals surface area contributed by atoms with Crippen LogP contribution in [0.5, 0.6) is 5.75 Å². The van der Waals surface area contributed by atoms with Gasteiger partial charge >= 0.3 is 6.61 Å². The normalized spacial score (nSPS) is 16.7. The van der Waals surface area contributed by atoms with Gasteiger partial charge in [-0.1, -0.05) is 24.3 Å². The molecule has 2 N–H and O–H groups in total. The molecule has 0 saturated carbocycles. The van der Waals surface area contributed by atoms with Gasteiger partial charge in [0.25, 0.3) is 0 Å². The van der Waals surface area contributed by atoms with Crippen molar-refractivity contribution in [3.05, 3.63) is 36.4 Å². The molecule has 1 fully saturated rings. The van der Waals surface area contributed by atoms with Crippen LogP contribution < -0.4 is 20.3 Å². The first-order valence-electron chi connectivity index (χ1n) is 9.44. The lowest BCUT2D eigenvalue weighted by Crippen LogP contribution is -2.45. The van der Waals surface area contributed by atoms with Crippen molar-refractivity contribution in [3.63, 3.8) is 0 Å². The zero-order valence-electron chi connectivity index (χ0n) is 17.1. The van der Waals surface area contributed by atoms with Crippen molar-refractivity contribution in [1.82, 2.24) is 15.5 Å². The zero-order valence-corrected chi connectivity index (χ0v) is 17.1. The van der Waals surface area contributed by atoms with Gasteiger partial charge in [-0.3, -0.25) is 4.79 Å². The van der Waals surface area contributed by atoms with E-state index >= 15 is 0 Å². The monoisotopic (exact) mass is 409 g/mol. The van der Waals surface area contributed by atoms with E-state index in [9.17, 15) is 13.6 Å². The molecule has 0 aromatic heterocycles. The summed E-state index contributed by atoms with van der Waals surface area (Å²) in [6.07, 6.45) is 0.790. The first kappa shape index (κ1) is 22.4. The number of aliphatic imine (C=N–C) groups is 1. The molecule has 1 atom stereocenters. The minimum absolute atomic E-state index is 0.0278. The molecular weight excluding hydrogens is 380 g/mol. The van der Waals surface area contributed by atoms with Gasteiger partial charge in [-0.05, 0) is 25.5 Å². The first-order chi connectivity index (χ1) is 13.8. The van der Waals surface area contributed by atoms with E-state index in [0.717, 1.165) is 12.0 Å². The molecule has 0 radical (unpaired) electrons. The third-order valence-corrected chi connectivity index (χ3v) is 4.38. The molecule has 29 heavy (non-hydrogen) atoms. The summed E-state index contributed by atoms with van der Waals surface area (Å²) >= 11 is 0. The Balaban J connectivity index is 2.03. The molecular formula is C20H29F2N5O2. The van der Waals surface area contributed by atoms with Crippen LogP contribution in [0.3, 0.4) is 0 Å². The second kappa shape index (κ2) is 10.6. The quantitative estimate of drug-likeness (QED) is 0.391. The lowest BCUT2D eigenvalue weighted by atomic mass is 10.2. The number of halogens is 2. The van der Waals surface area contributed by atoms with Crippen LogP contribution in [0.4, 0.5) is 14.5 Å². The number of anilines is 1. The van der Waals surface area contributed by atoms with Gasteiger partial charge in [0.2, 0.25) is 5.91 Å². The minimum Gasteiger partial charge on any atom is -0.433 e. The summed E-state index contributed by atoms with van der Waals surface area (Å²) in [6, 6.07) is 6.81. The topological polar surface area (TPSA) is 69.2 Å². The molecule has 9 heteroatoms. The third-order valence-electron chi connectivity index (χ3n) is 4.38. The molecule has 0 spiro atoms. The van der Waals surface area contributed by atoms with E-state index in [1.165, 1.54) is 11.0 Å². The van der Waals surface area contributed by atoms with Gasteiger partial charge in [0, 0.05) is 39.8 Å². The minimum atomic E-state index is -2.87. The lowest BCUT2D eigenvalue weighted by molar-refractivity contribution is -0.127. The standard InChI is InChI=1S/C20H29F2N5O2/c1-14(2)11-23-20(24-12-18(28)26(3)4)25-15-9-10-27(13-15)16-7-5-6-8-17(16)29-19(21)22/h5-8,15,19H,1,9-13H2,2-4H3,(H2,23,24,25). The Hall–Kier alpha value is -2.84. The number of amides is 1. The van der Waals surface area contributed by atoms with E-state index in [-0.39, 0.29) is 24.2 Å². The van der Waals surface area contributed by atoms with Crippen molar-refractivity contribution in [2.45, 2.75) is 26.0 Å². The van der Waals surface area contributed by atoms with Crippen LogP contribution >= 0.6 is 0 Å². The van der Waals surface area contributed by atoms with Crippen LogP contribution in [0, 0.1) is 0 Å². The predicted octanol–water partition coefficient (Wildman–Crippen LogP) is 2.07. The Bertz CT molecular complexity index is 739. The lowest BCUT2D eigenvalue weighted by Gasteiger charge is -2.22. The Labute approximate surface area is 170 Å². The number of carbonyl (C=O) groups excluding carboxylic acids is 1. The highest BCUT2D eigenvalue weighted by atomic mass is 19.3. The van der Waals surface area contributed by atoms with Gasteiger partial charge in [0.15, 0.2) is 5.96 Å². The number of benzene rings is 1. The number of para-hydroxylation sites is 2. The van der Waals surface area contributed by atoms with Crippen molar-refractivity contribution in [2.75, 3.05) is 45.2 Å². The summed E-state index contributed by atoms with van der Waals surface area (Å²) in [7, 11) is 3.36. The third kappa shape index (κ3) is 7.24. The molecule has 1 aromatic carbocycles. The number of nitrogens with one attached hydrogen (secondary N) is 2. The summed E-state index contributed by atoms with van der Waals surface area (Å²) in [5.74, 6) is 0.578. The predicted molar refractivity (Wildman–Crippen MR) is 111 cm³/mol. The number of hydrogen-bond donors (Lipinski definition) is 2. The van der Waals surface area contributed by atoms with E-state index < -0.39 is 6.61 Å². The summed E-state index contributed by atoms with van der Waals surface area (Å²) in [6.45, 7) is 4.73. The molecule has 0 bridgehead atoms. The number of hydrogen-bond acceptors (Lipinski definition) is 4. The molecule has 1 aliphatic rings. The maximum Gasteiger partial charge on any atom is 0.387 e. The highest BCUT2D eigenvalue weighted by Crippen LogP contribution is 2.31. The van der Waals surface area contributed by atoms with Crippen molar-refractivity contribution < 1.29 is 18.3 Å². The van der Waals surface area contributed by atoms with E-state index in [2.05, 4.69) is 26.9 Å². The first-order valence-corrected chi connectivity index (χ1v) is 9.44. The van der Waals surface area contributed by atoms with E-state index in [1.807, 2.05) is 11.8 Å². The average Bonchev–Trinajstić information content (AvgIpc) is 3.11. The highest BCUT2D eigenvalue weighted by molar-refractivity contribution is 5.85. The smallest absolute Gasteiger partial charge is 0.387 e. The molecule has 0 aliphatic carbocycles. The number of ether oxygens (including phenoxy) is 1. The van der Waals surface area contributed by atoms with Crippen LogP contribution in [0.1, 0.15) is 13.3 Å². The Kier molecular flexibility index (Phi) is 8.23. The Morgan fingerprint density at radius 1 is 1.41 bits per heavy atom. The average molecular weight is 409 g/mol. The fourth-order valence-electron chi connectivity index (χ4n) is 2.88. The molecule has 1 amide bonds. The van der Waals surface area contributed by atoms with Gasteiger partial charge in [0.1, 0.15) is 12.3 Å². The second-order valence-corrected chi connectivity index (χ2v) is 7.19. The van der Waals surface area contributed by atoms with Gasteiger partial charge in [-0.15, -0.1) is 0 Å². The van der Waals surface area contributed by atoms with Crippen molar-refractivity contribution >= 4 is 17.6 Å². The highest BCUT2D eigenvalue weighted by Gasteiger charge is 2.26. The Morgan fingerprint density at radius 3 is 2.79 bits per heavy atom. The van der Waals surface area contributed by atoms with Crippen LogP contribution in [-0.2, 0) is 4.79 Å². The Morgan fingerprint density at radius 2 is 2.14 bits per heavy atom. The van der Waals surface area contributed by atoms with Crippen LogP contribution in [0.15, 0.2) is 41.4 Å². The van der Waals surface area contributed by atoms with Crippen molar-refractivity contribution in [1.29, 1.82) is 0 Å². The maximum absolute atomic E-state index is 12.7. The number of alkyl halides is 2. The zero-order chi connectivity index (χ0) is 21.4. The molecule has 1 unspecified atom stereocenters. The number of nitrogens with zero attached hydrogens (tertiary/aromatic N) is 3. The number of carbonyl (C=O) groups is 1. The largest absolute Gasteiger partial charge is 0.433 e. The number of likely N-dealkylation sites (N-methyl/N-ethyl adjacent to an activating group) is 1. The molecule has 1 saturated heterocycles. The number of guanidine groups is 1. The van der Waals surface area contributed by atoms with Crippen LogP contribution in [0.2, 0.25) is 0 Å². The molecule has 2 rings (SSSR count). The van der Waals surface area contributed by atoms with Gasteiger partial charge in [-0.2, -0.15) is 8.78 Å². The van der Waals surface area contributed by atoms with Crippen molar-refractivity contribution in [3.8, 4) is 5.75 Å². The molecule has 7 nitrogen and oxygen atoms in total. The van der Waals surface area contributed by atoms with E-state index in [0.29, 0.717) is 31.3 Å². The molecule has 1 aromatic rings. The summed E-state index contributed by atoms with van der Waals surface area (Å²) in [5.41, 5.74) is 1.57. The molecule has 1 aliphatic heterocycles.